The first-order chi connectivity index (χ1) is 14.9. The van der Waals surface area contributed by atoms with Crippen LogP contribution in [0.5, 0.6) is 0 Å². The molecule has 2 aliphatic rings. The van der Waals surface area contributed by atoms with Crippen LogP contribution in [0.15, 0.2) is 77.1 Å². The molecule has 0 bridgehead atoms. The second kappa shape index (κ2) is 8.18. The van der Waals surface area contributed by atoms with Crippen molar-refractivity contribution in [3.05, 3.63) is 98.4 Å². The van der Waals surface area contributed by atoms with Crippen molar-refractivity contribution in [3.63, 3.8) is 0 Å². The predicted octanol–water partition coefficient (Wildman–Crippen LogP) is 4.13. The summed E-state index contributed by atoms with van der Waals surface area (Å²) in [4.78, 5) is 37.3. The number of hydrogen-bond donors (Lipinski definition) is 1. The summed E-state index contributed by atoms with van der Waals surface area (Å²) in [6.07, 6.45) is 0.850. The quantitative estimate of drug-likeness (QED) is 0.455. The first kappa shape index (κ1) is 20.5. The third-order valence-electron chi connectivity index (χ3n) is 5.95. The lowest BCUT2D eigenvalue weighted by Gasteiger charge is -2.36. The highest BCUT2D eigenvalue weighted by Gasteiger charge is 2.43. The molecule has 0 fully saturated rings. The number of nitrogens with zero attached hydrogens (tertiary/aromatic N) is 1. The number of ether oxygens (including phenoxy) is 1. The SMILES string of the molecule is COC(=O)C1=C(C)NC2=C(C(=O)C[C@H](c3ccccc3)C2)[C@H]1c1ccccc1[N+](=O)[O-]. The number of Topliss-reactive ketones (excluding diaryl/α,β-unsaturated/α-hetero) is 1. The summed E-state index contributed by atoms with van der Waals surface area (Å²) in [6.45, 7) is 1.73. The number of nitro benzene ring substituents is 1. The van der Waals surface area contributed by atoms with Gasteiger partial charge in [-0.05, 0) is 24.8 Å². The zero-order valence-electron chi connectivity index (χ0n) is 17.3. The van der Waals surface area contributed by atoms with Crippen LogP contribution in [-0.2, 0) is 14.3 Å². The molecule has 7 nitrogen and oxygen atoms in total. The minimum absolute atomic E-state index is 0.00108. The second-order valence-electron chi connectivity index (χ2n) is 7.74. The Morgan fingerprint density at radius 1 is 1.10 bits per heavy atom. The van der Waals surface area contributed by atoms with E-state index in [0.717, 1.165) is 5.56 Å². The molecule has 1 aliphatic carbocycles. The molecule has 2 aromatic rings. The van der Waals surface area contributed by atoms with Gasteiger partial charge in [0.05, 0.1) is 23.5 Å². The van der Waals surface area contributed by atoms with Crippen LogP contribution in [0.25, 0.3) is 0 Å². The Kier molecular flexibility index (Phi) is 5.42. The molecular formula is C24H22N2O5. The minimum atomic E-state index is -0.852. The molecule has 31 heavy (non-hydrogen) atoms. The van der Waals surface area contributed by atoms with E-state index < -0.39 is 16.8 Å². The van der Waals surface area contributed by atoms with E-state index in [1.807, 2.05) is 30.3 Å². The Morgan fingerprint density at radius 2 is 1.77 bits per heavy atom. The predicted molar refractivity (Wildman–Crippen MR) is 114 cm³/mol. The molecule has 0 saturated heterocycles. The van der Waals surface area contributed by atoms with E-state index in [2.05, 4.69) is 5.32 Å². The number of rotatable bonds is 4. The Balaban J connectivity index is 1.88. The van der Waals surface area contributed by atoms with Crippen molar-refractivity contribution in [1.29, 1.82) is 0 Å². The number of esters is 1. The number of nitro groups is 1. The molecule has 4 rings (SSSR count). The fourth-order valence-electron chi connectivity index (χ4n) is 4.59. The van der Waals surface area contributed by atoms with Crippen molar-refractivity contribution in [2.45, 2.75) is 31.6 Å². The van der Waals surface area contributed by atoms with Gasteiger partial charge in [0.1, 0.15) is 0 Å². The van der Waals surface area contributed by atoms with E-state index in [1.165, 1.54) is 13.2 Å². The molecule has 0 unspecified atom stereocenters. The summed E-state index contributed by atoms with van der Waals surface area (Å²) in [5.74, 6) is -1.59. The summed E-state index contributed by atoms with van der Waals surface area (Å²) in [7, 11) is 1.26. The second-order valence-corrected chi connectivity index (χ2v) is 7.74. The Labute approximate surface area is 179 Å². The molecule has 158 valence electrons. The summed E-state index contributed by atoms with van der Waals surface area (Å²) in [6, 6.07) is 16.0. The van der Waals surface area contributed by atoms with Gasteiger partial charge in [-0.2, -0.15) is 0 Å². The third-order valence-corrected chi connectivity index (χ3v) is 5.95. The molecule has 2 atom stereocenters. The summed E-state index contributed by atoms with van der Waals surface area (Å²) < 4.78 is 4.98. The van der Waals surface area contributed by atoms with E-state index in [4.69, 9.17) is 4.74 Å². The average Bonchev–Trinajstić information content (AvgIpc) is 2.78. The van der Waals surface area contributed by atoms with E-state index in [1.54, 1.807) is 25.1 Å². The molecule has 1 heterocycles. The first-order valence-electron chi connectivity index (χ1n) is 10.0. The van der Waals surface area contributed by atoms with Gasteiger partial charge in [-0.15, -0.1) is 0 Å². The van der Waals surface area contributed by atoms with Crippen LogP contribution < -0.4 is 5.32 Å². The third kappa shape index (κ3) is 3.63. The molecule has 0 spiro atoms. The number of methoxy groups -OCH3 is 1. The largest absolute Gasteiger partial charge is 0.466 e. The number of ketones is 1. The summed E-state index contributed by atoms with van der Waals surface area (Å²) >= 11 is 0. The topological polar surface area (TPSA) is 98.5 Å². The molecular weight excluding hydrogens is 396 g/mol. The molecule has 0 radical (unpaired) electrons. The maximum absolute atomic E-state index is 13.4. The molecule has 0 aromatic heterocycles. The van der Waals surface area contributed by atoms with E-state index in [-0.39, 0.29) is 29.4 Å². The van der Waals surface area contributed by atoms with Crippen LogP contribution in [0.1, 0.15) is 42.7 Å². The molecule has 0 amide bonds. The average molecular weight is 418 g/mol. The Hall–Kier alpha value is -3.74. The van der Waals surface area contributed by atoms with Gasteiger partial charge in [0, 0.05) is 35.0 Å². The van der Waals surface area contributed by atoms with E-state index in [9.17, 15) is 19.7 Å². The molecule has 1 aliphatic heterocycles. The Morgan fingerprint density at radius 3 is 2.45 bits per heavy atom. The number of hydrogen-bond acceptors (Lipinski definition) is 6. The van der Waals surface area contributed by atoms with Gasteiger partial charge in [0.2, 0.25) is 0 Å². The van der Waals surface area contributed by atoms with Gasteiger partial charge in [-0.25, -0.2) is 4.79 Å². The first-order valence-corrected chi connectivity index (χ1v) is 10.0. The minimum Gasteiger partial charge on any atom is -0.466 e. The van der Waals surface area contributed by atoms with Crippen molar-refractivity contribution < 1.29 is 19.2 Å². The number of benzene rings is 2. The van der Waals surface area contributed by atoms with Crippen LogP contribution in [0, 0.1) is 10.1 Å². The fourth-order valence-corrected chi connectivity index (χ4v) is 4.59. The number of allylic oxidation sites excluding steroid dienone is 3. The Bertz CT molecular complexity index is 1130. The van der Waals surface area contributed by atoms with Crippen LogP contribution in [0.4, 0.5) is 5.69 Å². The van der Waals surface area contributed by atoms with Crippen molar-refractivity contribution in [2.75, 3.05) is 7.11 Å². The van der Waals surface area contributed by atoms with Crippen molar-refractivity contribution >= 4 is 17.4 Å². The molecule has 0 saturated carbocycles. The van der Waals surface area contributed by atoms with E-state index in [0.29, 0.717) is 29.0 Å². The number of para-hydroxylation sites is 1. The van der Waals surface area contributed by atoms with Gasteiger partial charge in [0.15, 0.2) is 5.78 Å². The normalized spacial score (nSPS) is 20.8. The van der Waals surface area contributed by atoms with Crippen molar-refractivity contribution in [2.24, 2.45) is 0 Å². The van der Waals surface area contributed by atoms with Crippen molar-refractivity contribution in [3.8, 4) is 0 Å². The molecule has 7 heteroatoms. The van der Waals surface area contributed by atoms with Crippen molar-refractivity contribution in [1.82, 2.24) is 5.32 Å². The van der Waals surface area contributed by atoms with Gasteiger partial charge >= 0.3 is 5.97 Å². The standard InChI is InChI=1S/C24H22N2O5/c1-14-21(24(28)31-2)22(17-10-6-7-11-19(17)26(29)30)23-18(25-14)12-16(13-20(23)27)15-8-4-3-5-9-15/h3-11,16,22,25H,12-13H2,1-2H3/t16-,22+/m1/s1. The lowest BCUT2D eigenvalue weighted by atomic mass is 9.71. The van der Waals surface area contributed by atoms with Gasteiger partial charge in [-0.3, -0.25) is 14.9 Å². The smallest absolute Gasteiger partial charge is 0.336 e. The highest BCUT2D eigenvalue weighted by Crippen LogP contribution is 2.47. The maximum Gasteiger partial charge on any atom is 0.336 e. The fraction of sp³-hybridized carbons (Fsp3) is 0.250. The number of carbonyl (C=O) groups is 2. The van der Waals surface area contributed by atoms with E-state index >= 15 is 0 Å². The maximum atomic E-state index is 13.4. The van der Waals surface area contributed by atoms with Crippen LogP contribution in [-0.4, -0.2) is 23.8 Å². The molecule has 2 aromatic carbocycles. The lowest BCUT2D eigenvalue weighted by Crippen LogP contribution is -2.36. The monoisotopic (exact) mass is 418 g/mol. The summed E-state index contributed by atoms with van der Waals surface area (Å²) in [5.41, 5.74) is 3.12. The van der Waals surface area contributed by atoms with Gasteiger partial charge < -0.3 is 10.1 Å². The number of nitrogens with one attached hydrogen (secondary N) is 1. The van der Waals surface area contributed by atoms with Gasteiger partial charge in [-0.1, -0.05) is 48.5 Å². The summed E-state index contributed by atoms with van der Waals surface area (Å²) in [5, 5.41) is 15.0. The van der Waals surface area contributed by atoms with Crippen LogP contribution in [0.2, 0.25) is 0 Å². The molecule has 1 N–H and O–H groups in total. The number of dihydropyridines is 1. The van der Waals surface area contributed by atoms with Gasteiger partial charge in [0.25, 0.3) is 5.69 Å². The van der Waals surface area contributed by atoms with Crippen LogP contribution >= 0.6 is 0 Å². The zero-order valence-corrected chi connectivity index (χ0v) is 17.3. The lowest BCUT2D eigenvalue weighted by molar-refractivity contribution is -0.385. The highest BCUT2D eigenvalue weighted by molar-refractivity contribution is 6.04. The zero-order chi connectivity index (χ0) is 22.1. The number of carbonyl (C=O) groups excluding carboxylic acids is 2. The van der Waals surface area contributed by atoms with Crippen LogP contribution in [0.3, 0.4) is 0 Å². The highest BCUT2D eigenvalue weighted by atomic mass is 16.6.